The molecule has 2 rings (SSSR count). The fourth-order valence-corrected chi connectivity index (χ4v) is 2.74. The van der Waals surface area contributed by atoms with Gasteiger partial charge < -0.3 is 16.8 Å². The van der Waals surface area contributed by atoms with Crippen molar-refractivity contribution in [1.82, 2.24) is 4.98 Å². The molecule has 0 spiro atoms. The zero-order chi connectivity index (χ0) is 14.9. The van der Waals surface area contributed by atoms with Crippen molar-refractivity contribution >= 4 is 33.8 Å². The molecular weight excluding hydrogens is 279 g/mol. The Morgan fingerprint density at radius 3 is 2.75 bits per heavy atom. The third kappa shape index (κ3) is 2.72. The van der Waals surface area contributed by atoms with Gasteiger partial charge in [-0.15, -0.1) is 11.3 Å². The lowest BCUT2D eigenvalue weighted by Crippen LogP contribution is -2.14. The Labute approximate surface area is 119 Å². The summed E-state index contributed by atoms with van der Waals surface area (Å²) in [5.41, 5.74) is 11.9. The van der Waals surface area contributed by atoms with Gasteiger partial charge in [0.25, 0.3) is 5.91 Å². The van der Waals surface area contributed by atoms with Crippen LogP contribution < -0.4 is 16.8 Å². The SMILES string of the molecule is CCc1nc(Nc2cc(C(N)=O)c(N)cc2F)sc1C. The molecule has 0 fully saturated rings. The van der Waals surface area contributed by atoms with Gasteiger partial charge in [0, 0.05) is 10.6 Å². The summed E-state index contributed by atoms with van der Waals surface area (Å²) in [6, 6.07) is 2.37. The molecule has 0 atom stereocenters. The normalized spacial score (nSPS) is 10.6. The second-order valence-corrected chi connectivity index (χ2v) is 5.49. The maximum atomic E-state index is 13.9. The Hall–Kier alpha value is -2.15. The molecule has 0 saturated heterocycles. The number of nitrogens with zero attached hydrogens (tertiary/aromatic N) is 1. The quantitative estimate of drug-likeness (QED) is 0.755. The average Bonchev–Trinajstić information content (AvgIpc) is 2.72. The molecule has 5 N–H and O–H groups in total. The number of aryl methyl sites for hydroxylation is 2. The van der Waals surface area contributed by atoms with Crippen LogP contribution in [0, 0.1) is 12.7 Å². The minimum Gasteiger partial charge on any atom is -0.398 e. The molecule has 0 bridgehead atoms. The molecule has 1 aromatic carbocycles. The van der Waals surface area contributed by atoms with Crippen molar-refractivity contribution in [3.05, 3.63) is 34.1 Å². The van der Waals surface area contributed by atoms with Crippen molar-refractivity contribution in [3.8, 4) is 0 Å². The van der Waals surface area contributed by atoms with E-state index >= 15 is 0 Å². The summed E-state index contributed by atoms with van der Waals surface area (Å²) in [5.74, 6) is -1.26. The Bertz CT molecular complexity index is 669. The lowest BCUT2D eigenvalue weighted by molar-refractivity contribution is 0.100. The number of nitrogens with one attached hydrogen (secondary N) is 1. The molecule has 0 aliphatic carbocycles. The van der Waals surface area contributed by atoms with Gasteiger partial charge in [-0.05, 0) is 25.5 Å². The van der Waals surface area contributed by atoms with E-state index in [4.69, 9.17) is 11.5 Å². The van der Waals surface area contributed by atoms with E-state index in [1.165, 1.54) is 17.4 Å². The minimum absolute atomic E-state index is 0.0186. The van der Waals surface area contributed by atoms with Crippen LogP contribution in [-0.4, -0.2) is 10.9 Å². The van der Waals surface area contributed by atoms with Crippen LogP contribution in [0.5, 0.6) is 0 Å². The molecule has 0 aliphatic heterocycles. The summed E-state index contributed by atoms with van der Waals surface area (Å²) in [6.45, 7) is 3.96. The number of carbonyl (C=O) groups is 1. The first kappa shape index (κ1) is 14.3. The van der Waals surface area contributed by atoms with Crippen molar-refractivity contribution < 1.29 is 9.18 Å². The van der Waals surface area contributed by atoms with E-state index in [-0.39, 0.29) is 16.9 Å². The molecule has 7 heteroatoms. The van der Waals surface area contributed by atoms with E-state index < -0.39 is 11.7 Å². The number of primary amides is 1. The fourth-order valence-electron chi connectivity index (χ4n) is 1.82. The first-order valence-corrected chi connectivity index (χ1v) is 6.86. The number of benzene rings is 1. The predicted octanol–water partition coefficient (Wildman–Crippen LogP) is 2.58. The Morgan fingerprint density at radius 1 is 1.50 bits per heavy atom. The molecule has 0 unspecified atom stereocenters. The van der Waals surface area contributed by atoms with E-state index in [2.05, 4.69) is 10.3 Å². The number of nitrogen functional groups attached to an aromatic ring is 1. The molecule has 106 valence electrons. The topological polar surface area (TPSA) is 94.0 Å². The monoisotopic (exact) mass is 294 g/mol. The van der Waals surface area contributed by atoms with Gasteiger partial charge in [-0.1, -0.05) is 6.92 Å². The zero-order valence-electron chi connectivity index (χ0n) is 11.2. The lowest BCUT2D eigenvalue weighted by Gasteiger charge is -2.08. The van der Waals surface area contributed by atoms with Crippen LogP contribution in [-0.2, 0) is 6.42 Å². The van der Waals surface area contributed by atoms with Crippen LogP contribution in [0.15, 0.2) is 12.1 Å². The fraction of sp³-hybridized carbons (Fsp3) is 0.231. The number of halogens is 1. The van der Waals surface area contributed by atoms with E-state index in [0.29, 0.717) is 5.13 Å². The number of thiazole rings is 1. The van der Waals surface area contributed by atoms with Crippen molar-refractivity contribution in [2.45, 2.75) is 20.3 Å². The Morgan fingerprint density at radius 2 is 2.20 bits per heavy atom. The standard InChI is InChI=1S/C13H15FN4OS/c1-3-10-6(2)20-13(17-10)18-11-4-7(12(16)19)9(15)5-8(11)14/h4-5H,3,15H2,1-2H3,(H2,16,19)(H,17,18). The van der Waals surface area contributed by atoms with Crippen LogP contribution in [0.2, 0.25) is 0 Å². The molecule has 1 amide bonds. The molecule has 1 heterocycles. The second kappa shape index (κ2) is 5.46. The maximum absolute atomic E-state index is 13.9. The summed E-state index contributed by atoms with van der Waals surface area (Å²) < 4.78 is 13.9. The molecule has 0 radical (unpaired) electrons. The molecule has 0 aliphatic rings. The largest absolute Gasteiger partial charge is 0.398 e. The maximum Gasteiger partial charge on any atom is 0.250 e. The highest BCUT2D eigenvalue weighted by Gasteiger charge is 2.14. The van der Waals surface area contributed by atoms with E-state index in [1.807, 2.05) is 13.8 Å². The number of anilines is 3. The summed E-state index contributed by atoms with van der Waals surface area (Å²) in [4.78, 5) is 16.6. The zero-order valence-corrected chi connectivity index (χ0v) is 12.0. The highest BCUT2D eigenvalue weighted by molar-refractivity contribution is 7.15. The van der Waals surface area contributed by atoms with Crippen LogP contribution in [0.1, 0.15) is 27.9 Å². The van der Waals surface area contributed by atoms with Gasteiger partial charge in [0.15, 0.2) is 5.13 Å². The van der Waals surface area contributed by atoms with Crippen LogP contribution in [0.25, 0.3) is 0 Å². The van der Waals surface area contributed by atoms with Gasteiger partial charge >= 0.3 is 0 Å². The first-order valence-electron chi connectivity index (χ1n) is 6.04. The van der Waals surface area contributed by atoms with E-state index in [0.717, 1.165) is 23.1 Å². The van der Waals surface area contributed by atoms with E-state index in [9.17, 15) is 9.18 Å². The van der Waals surface area contributed by atoms with Gasteiger partial charge in [-0.3, -0.25) is 4.79 Å². The third-order valence-corrected chi connectivity index (χ3v) is 3.80. The number of carbonyl (C=O) groups excluding carboxylic acids is 1. The first-order chi connectivity index (χ1) is 9.42. The molecule has 1 aromatic heterocycles. The van der Waals surface area contributed by atoms with Crippen LogP contribution in [0.4, 0.5) is 20.9 Å². The lowest BCUT2D eigenvalue weighted by atomic mass is 10.1. The van der Waals surface area contributed by atoms with Gasteiger partial charge in [-0.2, -0.15) is 0 Å². The third-order valence-electron chi connectivity index (χ3n) is 2.87. The molecule has 5 nitrogen and oxygen atoms in total. The van der Waals surface area contributed by atoms with Crippen LogP contribution >= 0.6 is 11.3 Å². The molecule has 2 aromatic rings. The number of nitrogens with two attached hydrogens (primary N) is 2. The predicted molar refractivity (Wildman–Crippen MR) is 78.8 cm³/mol. The van der Waals surface area contributed by atoms with Crippen molar-refractivity contribution in [2.75, 3.05) is 11.1 Å². The summed E-state index contributed by atoms with van der Waals surface area (Å²) in [5, 5.41) is 3.43. The molecule has 0 saturated carbocycles. The molecule has 20 heavy (non-hydrogen) atoms. The molecular formula is C13H15FN4OS. The Kier molecular flexibility index (Phi) is 3.89. The van der Waals surface area contributed by atoms with Crippen molar-refractivity contribution in [1.29, 1.82) is 0 Å². The minimum atomic E-state index is -0.699. The van der Waals surface area contributed by atoms with Gasteiger partial charge in [0.1, 0.15) is 5.82 Å². The second-order valence-electron chi connectivity index (χ2n) is 4.28. The smallest absolute Gasteiger partial charge is 0.250 e. The van der Waals surface area contributed by atoms with Crippen molar-refractivity contribution in [2.24, 2.45) is 5.73 Å². The summed E-state index contributed by atoms with van der Waals surface area (Å²) >= 11 is 1.42. The van der Waals surface area contributed by atoms with Crippen molar-refractivity contribution in [3.63, 3.8) is 0 Å². The summed E-state index contributed by atoms with van der Waals surface area (Å²) in [7, 11) is 0. The summed E-state index contributed by atoms with van der Waals surface area (Å²) in [6.07, 6.45) is 0.806. The van der Waals surface area contributed by atoms with Crippen LogP contribution in [0.3, 0.4) is 0 Å². The highest BCUT2D eigenvalue weighted by Crippen LogP contribution is 2.29. The highest BCUT2D eigenvalue weighted by atomic mass is 32.1. The van der Waals surface area contributed by atoms with Gasteiger partial charge in [-0.25, -0.2) is 9.37 Å². The van der Waals surface area contributed by atoms with Gasteiger partial charge in [0.2, 0.25) is 0 Å². The number of aromatic nitrogens is 1. The number of hydrogen-bond donors (Lipinski definition) is 3. The average molecular weight is 294 g/mol. The van der Waals surface area contributed by atoms with Gasteiger partial charge in [0.05, 0.1) is 16.9 Å². The number of rotatable bonds is 4. The number of hydrogen-bond acceptors (Lipinski definition) is 5. The Balaban J connectivity index is 2.37. The number of amides is 1. The van der Waals surface area contributed by atoms with E-state index in [1.54, 1.807) is 0 Å².